The largest absolute Gasteiger partial charge is 0.469 e. The molecule has 0 saturated heterocycles. The molecule has 5 nitrogen and oxygen atoms in total. The lowest BCUT2D eigenvalue weighted by Gasteiger charge is -2.01. The van der Waals surface area contributed by atoms with Crippen LogP contribution in [0.4, 0.5) is 0 Å². The van der Waals surface area contributed by atoms with Gasteiger partial charge in [0.25, 0.3) is 0 Å². The fourth-order valence-corrected chi connectivity index (χ4v) is 2.09. The highest BCUT2D eigenvalue weighted by Crippen LogP contribution is 2.06. The van der Waals surface area contributed by atoms with Crippen molar-refractivity contribution in [3.05, 3.63) is 0 Å². The zero-order valence-corrected chi connectivity index (χ0v) is 14.2. The van der Waals surface area contributed by atoms with E-state index in [1.165, 1.54) is 32.8 Å². The van der Waals surface area contributed by atoms with Gasteiger partial charge in [0, 0.05) is 19.1 Å². The van der Waals surface area contributed by atoms with E-state index in [9.17, 15) is 9.59 Å². The molecule has 5 heteroatoms. The molecule has 1 N–H and O–H groups in total. The normalized spacial score (nSPS) is 10.8. The summed E-state index contributed by atoms with van der Waals surface area (Å²) in [4.78, 5) is 22.4. The first-order valence-electron chi connectivity index (χ1n) is 8.57. The van der Waals surface area contributed by atoms with Gasteiger partial charge in [-0.15, -0.1) is 0 Å². The molecule has 0 bridgehead atoms. The zero-order chi connectivity index (χ0) is 16.5. The molecule has 0 spiro atoms. The quantitative estimate of drug-likeness (QED) is 0.228. The number of carbonyl (C=O) groups is 2. The number of hydrazone groups is 1. The second-order valence-electron chi connectivity index (χ2n) is 5.54. The van der Waals surface area contributed by atoms with Crippen LogP contribution < -0.4 is 5.43 Å². The average Bonchev–Trinajstić information content (AvgIpc) is 2.52. The summed E-state index contributed by atoms with van der Waals surface area (Å²) >= 11 is 0. The minimum absolute atomic E-state index is 0.0322. The summed E-state index contributed by atoms with van der Waals surface area (Å²) in [6, 6.07) is 0. The van der Waals surface area contributed by atoms with Gasteiger partial charge in [-0.05, 0) is 25.7 Å². The molecular weight excluding hydrogens is 280 g/mol. The summed E-state index contributed by atoms with van der Waals surface area (Å²) in [5.74, 6) is -0.197. The summed E-state index contributed by atoms with van der Waals surface area (Å²) in [7, 11) is 1.40. The molecular formula is C17H32N2O3. The molecule has 0 unspecified atom stereocenters. The maximum absolute atomic E-state index is 11.5. The Morgan fingerprint density at radius 1 is 0.955 bits per heavy atom. The Kier molecular flexibility index (Phi) is 15.0. The van der Waals surface area contributed by atoms with Gasteiger partial charge >= 0.3 is 5.97 Å². The number of esters is 1. The van der Waals surface area contributed by atoms with Crippen LogP contribution in [0.5, 0.6) is 0 Å². The lowest BCUT2D eigenvalue weighted by Crippen LogP contribution is -2.16. The molecule has 0 atom stereocenters. The number of rotatable bonds is 14. The van der Waals surface area contributed by atoms with Crippen molar-refractivity contribution in [1.82, 2.24) is 5.43 Å². The van der Waals surface area contributed by atoms with Crippen molar-refractivity contribution in [1.29, 1.82) is 0 Å². The first kappa shape index (κ1) is 20.6. The lowest BCUT2D eigenvalue weighted by molar-refractivity contribution is -0.140. The molecule has 0 fully saturated rings. The van der Waals surface area contributed by atoms with Crippen LogP contribution in [-0.2, 0) is 14.3 Å². The van der Waals surface area contributed by atoms with Gasteiger partial charge in [0.05, 0.1) is 7.11 Å². The number of nitrogens with zero attached hydrogens (tertiary/aromatic N) is 1. The van der Waals surface area contributed by atoms with Crippen molar-refractivity contribution in [2.24, 2.45) is 5.10 Å². The zero-order valence-electron chi connectivity index (χ0n) is 14.2. The Hall–Kier alpha value is -1.39. The van der Waals surface area contributed by atoms with Crippen LogP contribution >= 0.6 is 0 Å². The SMILES string of the molecule is CCCCCCC/C=N/NC(=O)CCCCCCC(=O)OC. The van der Waals surface area contributed by atoms with Gasteiger partial charge in [-0.3, -0.25) is 9.59 Å². The van der Waals surface area contributed by atoms with Gasteiger partial charge in [-0.2, -0.15) is 5.10 Å². The molecule has 0 saturated carbocycles. The van der Waals surface area contributed by atoms with Crippen LogP contribution in [0.1, 0.15) is 84.0 Å². The van der Waals surface area contributed by atoms with Gasteiger partial charge in [0.15, 0.2) is 0 Å². The Morgan fingerprint density at radius 2 is 1.59 bits per heavy atom. The number of carbonyl (C=O) groups excluding carboxylic acids is 2. The molecule has 0 aliphatic heterocycles. The van der Waals surface area contributed by atoms with E-state index in [0.717, 1.165) is 38.5 Å². The monoisotopic (exact) mass is 312 g/mol. The van der Waals surface area contributed by atoms with E-state index in [1.54, 1.807) is 6.21 Å². The summed E-state index contributed by atoms with van der Waals surface area (Å²) < 4.78 is 4.57. The molecule has 22 heavy (non-hydrogen) atoms. The van der Waals surface area contributed by atoms with Crippen molar-refractivity contribution in [2.45, 2.75) is 84.0 Å². The Morgan fingerprint density at radius 3 is 2.27 bits per heavy atom. The summed E-state index contributed by atoms with van der Waals surface area (Å²) in [5, 5.41) is 3.95. The Balaban J connectivity index is 3.33. The fraction of sp³-hybridized carbons (Fsp3) is 0.824. The van der Waals surface area contributed by atoms with Crippen LogP contribution in [0.25, 0.3) is 0 Å². The van der Waals surface area contributed by atoms with Gasteiger partial charge in [-0.1, -0.05) is 45.4 Å². The summed E-state index contributed by atoms with van der Waals surface area (Å²) in [6.07, 6.45) is 13.4. The molecule has 0 aromatic heterocycles. The van der Waals surface area contributed by atoms with Crippen molar-refractivity contribution < 1.29 is 14.3 Å². The number of unbranched alkanes of at least 4 members (excludes halogenated alkanes) is 8. The van der Waals surface area contributed by atoms with E-state index < -0.39 is 0 Å². The second kappa shape index (κ2) is 16.0. The molecule has 0 aromatic rings. The lowest BCUT2D eigenvalue weighted by atomic mass is 10.1. The van der Waals surface area contributed by atoms with Crippen molar-refractivity contribution in [3.8, 4) is 0 Å². The van der Waals surface area contributed by atoms with E-state index in [0.29, 0.717) is 12.8 Å². The van der Waals surface area contributed by atoms with Crippen molar-refractivity contribution in [3.63, 3.8) is 0 Å². The van der Waals surface area contributed by atoms with E-state index in [1.807, 2.05) is 0 Å². The number of amides is 1. The van der Waals surface area contributed by atoms with Gasteiger partial charge in [0.1, 0.15) is 0 Å². The highest BCUT2D eigenvalue weighted by molar-refractivity contribution is 5.76. The van der Waals surface area contributed by atoms with Gasteiger partial charge < -0.3 is 4.74 Å². The van der Waals surface area contributed by atoms with E-state index in [4.69, 9.17) is 0 Å². The van der Waals surface area contributed by atoms with Crippen molar-refractivity contribution in [2.75, 3.05) is 7.11 Å². The maximum atomic E-state index is 11.5. The van der Waals surface area contributed by atoms with Crippen molar-refractivity contribution >= 4 is 18.1 Å². The summed E-state index contributed by atoms with van der Waals surface area (Å²) in [5.41, 5.74) is 2.56. The highest BCUT2D eigenvalue weighted by Gasteiger charge is 2.01. The van der Waals surface area contributed by atoms with E-state index in [2.05, 4.69) is 22.2 Å². The topological polar surface area (TPSA) is 67.8 Å². The third-order valence-electron chi connectivity index (χ3n) is 3.48. The number of ether oxygens (including phenoxy) is 1. The minimum atomic E-state index is -0.165. The first-order chi connectivity index (χ1) is 10.7. The third-order valence-corrected chi connectivity index (χ3v) is 3.48. The smallest absolute Gasteiger partial charge is 0.305 e. The van der Waals surface area contributed by atoms with E-state index >= 15 is 0 Å². The van der Waals surface area contributed by atoms with Crippen LogP contribution in [0.3, 0.4) is 0 Å². The molecule has 0 aliphatic rings. The predicted molar refractivity (Wildman–Crippen MR) is 89.7 cm³/mol. The third kappa shape index (κ3) is 15.0. The van der Waals surface area contributed by atoms with Gasteiger partial charge in [-0.25, -0.2) is 5.43 Å². The molecule has 0 aliphatic carbocycles. The number of nitrogens with one attached hydrogen (secondary N) is 1. The second-order valence-corrected chi connectivity index (χ2v) is 5.54. The molecule has 0 aromatic carbocycles. The highest BCUT2D eigenvalue weighted by atomic mass is 16.5. The fourth-order valence-electron chi connectivity index (χ4n) is 2.09. The van der Waals surface area contributed by atoms with Crippen LogP contribution in [-0.4, -0.2) is 25.2 Å². The van der Waals surface area contributed by atoms with Gasteiger partial charge in [0.2, 0.25) is 5.91 Å². The predicted octanol–water partition coefficient (Wildman–Crippen LogP) is 3.96. The maximum Gasteiger partial charge on any atom is 0.305 e. The molecule has 0 heterocycles. The standard InChI is InChI=1S/C17H32N2O3/c1-3-4-5-6-9-12-15-18-19-16(20)13-10-7-8-11-14-17(21)22-2/h15H,3-14H2,1-2H3,(H,19,20)/b18-15+. The molecule has 1 amide bonds. The van der Waals surface area contributed by atoms with Crippen LogP contribution in [0, 0.1) is 0 Å². The average molecular weight is 312 g/mol. The number of hydrogen-bond donors (Lipinski definition) is 1. The van der Waals surface area contributed by atoms with Crippen LogP contribution in [0.2, 0.25) is 0 Å². The van der Waals surface area contributed by atoms with E-state index in [-0.39, 0.29) is 11.9 Å². The molecule has 0 rings (SSSR count). The number of methoxy groups -OCH3 is 1. The molecule has 128 valence electrons. The number of hydrogen-bond acceptors (Lipinski definition) is 4. The van der Waals surface area contributed by atoms with Crippen LogP contribution in [0.15, 0.2) is 5.10 Å². The Labute approximate surface area is 134 Å². The summed E-state index contributed by atoms with van der Waals surface area (Å²) in [6.45, 7) is 2.20. The molecule has 0 radical (unpaired) electrons. The minimum Gasteiger partial charge on any atom is -0.469 e. The first-order valence-corrected chi connectivity index (χ1v) is 8.57. The Bertz CT molecular complexity index is 317.